The minimum absolute atomic E-state index is 0.00268. The Hall–Kier alpha value is -3.75. The fourth-order valence-electron chi connectivity index (χ4n) is 3.82. The first kappa shape index (κ1) is 20.2. The number of amides is 1. The summed E-state index contributed by atoms with van der Waals surface area (Å²) in [7, 11) is 0. The standard InChI is InChI=1S/C23H18ClN5O3/c1-12(30)26-15-5-3-6-16(9-15)32-23-28-21(27-22(25)29-23)20-17-7-2-4-13-10-31-11-14(19(13)17)8-18(20)24/h2-9H,10-11H2,1H3,(H,26,30)(H2,25,27,28,29). The largest absolute Gasteiger partial charge is 0.424 e. The van der Waals surface area contributed by atoms with Crippen molar-refractivity contribution in [1.29, 1.82) is 0 Å². The molecular formula is C23H18ClN5O3. The van der Waals surface area contributed by atoms with Gasteiger partial charge in [0.1, 0.15) is 5.75 Å². The lowest BCUT2D eigenvalue weighted by Crippen LogP contribution is -2.07. The first-order valence-corrected chi connectivity index (χ1v) is 10.2. The predicted octanol–water partition coefficient (Wildman–Crippen LogP) is 4.71. The number of carbonyl (C=O) groups excluding carboxylic acids is 1. The van der Waals surface area contributed by atoms with Gasteiger partial charge in [0.15, 0.2) is 5.82 Å². The molecule has 0 unspecified atom stereocenters. The SMILES string of the molecule is CC(=O)Nc1cccc(Oc2nc(N)nc(-c3c(Cl)cc4c5c(cccc35)COC4)n2)c1. The highest BCUT2D eigenvalue weighted by atomic mass is 35.5. The average Bonchev–Trinajstić information content (AvgIpc) is 2.73. The zero-order chi connectivity index (χ0) is 22.2. The molecule has 0 radical (unpaired) electrons. The van der Waals surface area contributed by atoms with Gasteiger partial charge in [0, 0.05) is 24.2 Å². The third-order valence-corrected chi connectivity index (χ3v) is 5.31. The summed E-state index contributed by atoms with van der Waals surface area (Å²) in [5.74, 6) is 0.568. The lowest BCUT2D eigenvalue weighted by atomic mass is 9.94. The molecule has 0 fully saturated rings. The van der Waals surface area contributed by atoms with Crippen molar-refractivity contribution < 1.29 is 14.3 Å². The second kappa shape index (κ2) is 8.07. The number of ether oxygens (including phenoxy) is 2. The molecule has 1 aromatic heterocycles. The molecule has 1 aliphatic rings. The number of nitrogen functional groups attached to an aromatic ring is 1. The molecule has 9 heteroatoms. The Bertz CT molecular complexity index is 1380. The van der Waals surface area contributed by atoms with Crippen LogP contribution in [0.4, 0.5) is 11.6 Å². The van der Waals surface area contributed by atoms with E-state index in [9.17, 15) is 4.79 Å². The van der Waals surface area contributed by atoms with Crippen LogP contribution in [0.25, 0.3) is 22.2 Å². The van der Waals surface area contributed by atoms with Crippen LogP contribution >= 0.6 is 11.6 Å². The minimum atomic E-state index is -0.184. The van der Waals surface area contributed by atoms with Crippen LogP contribution < -0.4 is 15.8 Å². The molecule has 0 saturated carbocycles. The number of nitrogens with two attached hydrogens (primary N) is 1. The number of aromatic nitrogens is 3. The van der Waals surface area contributed by atoms with Crippen LogP contribution in [0.5, 0.6) is 11.8 Å². The molecule has 2 heterocycles. The maximum atomic E-state index is 11.3. The first-order valence-electron chi connectivity index (χ1n) is 9.86. The van der Waals surface area contributed by atoms with Gasteiger partial charge in [-0.1, -0.05) is 35.9 Å². The zero-order valence-corrected chi connectivity index (χ0v) is 17.8. The summed E-state index contributed by atoms with van der Waals surface area (Å²) in [5, 5.41) is 5.19. The molecule has 5 rings (SSSR count). The summed E-state index contributed by atoms with van der Waals surface area (Å²) >= 11 is 6.65. The van der Waals surface area contributed by atoms with Gasteiger partial charge in [0.2, 0.25) is 11.9 Å². The van der Waals surface area contributed by atoms with Gasteiger partial charge < -0.3 is 20.5 Å². The van der Waals surface area contributed by atoms with E-state index in [1.165, 1.54) is 6.92 Å². The Morgan fingerprint density at radius 2 is 1.91 bits per heavy atom. The molecule has 3 N–H and O–H groups in total. The van der Waals surface area contributed by atoms with Crippen LogP contribution in [0, 0.1) is 0 Å². The fourth-order valence-corrected chi connectivity index (χ4v) is 4.14. The number of hydrogen-bond donors (Lipinski definition) is 2. The van der Waals surface area contributed by atoms with Crippen LogP contribution in [0.15, 0.2) is 48.5 Å². The minimum Gasteiger partial charge on any atom is -0.424 e. The number of nitrogens with one attached hydrogen (secondary N) is 1. The van der Waals surface area contributed by atoms with E-state index < -0.39 is 0 Å². The van der Waals surface area contributed by atoms with E-state index in [2.05, 4.69) is 20.3 Å². The molecule has 0 aliphatic carbocycles. The van der Waals surface area contributed by atoms with Crippen LogP contribution in [0.3, 0.4) is 0 Å². The van der Waals surface area contributed by atoms with Crippen molar-refractivity contribution in [2.75, 3.05) is 11.1 Å². The second-order valence-electron chi connectivity index (χ2n) is 7.34. The normalized spacial score (nSPS) is 12.6. The summed E-state index contributed by atoms with van der Waals surface area (Å²) in [6.07, 6.45) is 0. The number of nitrogens with zero attached hydrogens (tertiary/aromatic N) is 3. The van der Waals surface area contributed by atoms with Gasteiger partial charge in [-0.25, -0.2) is 0 Å². The molecule has 8 nitrogen and oxygen atoms in total. The van der Waals surface area contributed by atoms with E-state index in [-0.39, 0.29) is 17.9 Å². The van der Waals surface area contributed by atoms with Crippen molar-refractivity contribution in [3.63, 3.8) is 0 Å². The number of rotatable bonds is 4. The van der Waals surface area contributed by atoms with E-state index in [4.69, 9.17) is 26.8 Å². The van der Waals surface area contributed by atoms with Crippen molar-refractivity contribution in [3.05, 3.63) is 64.7 Å². The lowest BCUT2D eigenvalue weighted by molar-refractivity contribution is -0.114. The highest BCUT2D eigenvalue weighted by Crippen LogP contribution is 2.40. The molecule has 1 aliphatic heterocycles. The number of halogens is 1. The van der Waals surface area contributed by atoms with E-state index >= 15 is 0 Å². The second-order valence-corrected chi connectivity index (χ2v) is 7.74. The summed E-state index contributed by atoms with van der Waals surface area (Å²) in [6, 6.07) is 14.7. The summed E-state index contributed by atoms with van der Waals surface area (Å²) in [6.45, 7) is 2.46. The van der Waals surface area contributed by atoms with Gasteiger partial charge >= 0.3 is 6.01 Å². The number of carbonyl (C=O) groups is 1. The highest BCUT2D eigenvalue weighted by Gasteiger charge is 2.21. The first-order chi connectivity index (χ1) is 15.5. The van der Waals surface area contributed by atoms with Gasteiger partial charge in [-0.05, 0) is 40.1 Å². The van der Waals surface area contributed by atoms with Crippen molar-refractivity contribution in [2.24, 2.45) is 0 Å². The molecule has 0 spiro atoms. The van der Waals surface area contributed by atoms with Gasteiger partial charge in [-0.3, -0.25) is 4.79 Å². The monoisotopic (exact) mass is 447 g/mol. The molecule has 160 valence electrons. The molecule has 32 heavy (non-hydrogen) atoms. The van der Waals surface area contributed by atoms with Crippen LogP contribution in [-0.2, 0) is 22.7 Å². The van der Waals surface area contributed by atoms with E-state index in [0.29, 0.717) is 41.1 Å². The van der Waals surface area contributed by atoms with Crippen molar-refractivity contribution in [1.82, 2.24) is 15.0 Å². The van der Waals surface area contributed by atoms with Crippen LogP contribution in [-0.4, -0.2) is 20.9 Å². The Labute approximate surface area is 188 Å². The molecular weight excluding hydrogens is 430 g/mol. The van der Waals surface area contributed by atoms with Crippen molar-refractivity contribution in [2.45, 2.75) is 20.1 Å². The molecule has 3 aromatic carbocycles. The topological polar surface area (TPSA) is 112 Å². The maximum Gasteiger partial charge on any atom is 0.327 e. The number of hydrogen-bond acceptors (Lipinski definition) is 7. The van der Waals surface area contributed by atoms with Crippen LogP contribution in [0.2, 0.25) is 5.02 Å². The Morgan fingerprint density at radius 3 is 2.75 bits per heavy atom. The Kier molecular flexibility index (Phi) is 5.08. The summed E-state index contributed by atoms with van der Waals surface area (Å²) < 4.78 is 11.5. The molecule has 1 amide bonds. The van der Waals surface area contributed by atoms with Crippen molar-refractivity contribution >= 4 is 39.9 Å². The molecule has 4 aromatic rings. The highest BCUT2D eigenvalue weighted by molar-refractivity contribution is 6.35. The summed E-state index contributed by atoms with van der Waals surface area (Å²) in [5.41, 5.74) is 9.31. The Morgan fingerprint density at radius 1 is 1.09 bits per heavy atom. The van der Waals surface area contributed by atoms with E-state index in [0.717, 1.165) is 21.9 Å². The fraction of sp³-hybridized carbons (Fsp3) is 0.130. The van der Waals surface area contributed by atoms with E-state index in [1.54, 1.807) is 24.3 Å². The van der Waals surface area contributed by atoms with Crippen molar-refractivity contribution in [3.8, 4) is 23.1 Å². The average molecular weight is 448 g/mol. The quantitative estimate of drug-likeness (QED) is 0.465. The third-order valence-electron chi connectivity index (χ3n) is 5.02. The zero-order valence-electron chi connectivity index (χ0n) is 17.1. The molecule has 0 atom stereocenters. The van der Waals surface area contributed by atoms with E-state index in [1.807, 2.05) is 24.3 Å². The van der Waals surface area contributed by atoms with Crippen LogP contribution in [0.1, 0.15) is 18.1 Å². The van der Waals surface area contributed by atoms with Gasteiger partial charge in [0.25, 0.3) is 0 Å². The van der Waals surface area contributed by atoms with Gasteiger partial charge in [-0.2, -0.15) is 15.0 Å². The third kappa shape index (κ3) is 3.81. The van der Waals surface area contributed by atoms with Gasteiger partial charge in [-0.15, -0.1) is 0 Å². The lowest BCUT2D eigenvalue weighted by Gasteiger charge is -2.20. The summed E-state index contributed by atoms with van der Waals surface area (Å²) in [4.78, 5) is 24.2. The predicted molar refractivity (Wildman–Crippen MR) is 122 cm³/mol. The van der Waals surface area contributed by atoms with Gasteiger partial charge in [0.05, 0.1) is 18.2 Å². The maximum absolute atomic E-state index is 11.3. The molecule has 0 saturated heterocycles. The number of benzene rings is 3. The Balaban J connectivity index is 1.59. The number of anilines is 2. The molecule has 0 bridgehead atoms. The smallest absolute Gasteiger partial charge is 0.327 e.